The molecule has 0 aromatic heterocycles. The van der Waals surface area contributed by atoms with Gasteiger partial charge in [0.05, 0.1) is 5.92 Å². The Balaban J connectivity index is 1.66. The first-order valence-electron chi connectivity index (χ1n) is 7.86. The van der Waals surface area contributed by atoms with Gasteiger partial charge in [-0.25, -0.2) is 0 Å². The van der Waals surface area contributed by atoms with E-state index in [-0.39, 0.29) is 30.1 Å². The van der Waals surface area contributed by atoms with Gasteiger partial charge in [-0.15, -0.1) is 0 Å². The molecule has 0 radical (unpaired) electrons. The predicted octanol–water partition coefficient (Wildman–Crippen LogP) is 3.31. The van der Waals surface area contributed by atoms with Crippen LogP contribution >= 0.6 is 0 Å². The SMILES string of the molecule is C[C@H]1CN(c2ccccc2)C(=O)[C@H]1CC(=O)Nc1ccccc1. The van der Waals surface area contributed by atoms with Crippen molar-refractivity contribution in [2.75, 3.05) is 16.8 Å². The highest BCUT2D eigenvalue weighted by Crippen LogP contribution is 2.31. The molecule has 118 valence electrons. The molecule has 2 aromatic carbocycles. The molecule has 23 heavy (non-hydrogen) atoms. The van der Waals surface area contributed by atoms with E-state index < -0.39 is 0 Å². The first kappa shape index (κ1) is 15.3. The van der Waals surface area contributed by atoms with Crippen LogP contribution in [0.5, 0.6) is 0 Å². The summed E-state index contributed by atoms with van der Waals surface area (Å²) in [6.45, 7) is 2.69. The van der Waals surface area contributed by atoms with Crippen LogP contribution in [0.4, 0.5) is 11.4 Å². The molecule has 1 N–H and O–H groups in total. The minimum absolute atomic E-state index is 0.0342. The molecule has 1 saturated heterocycles. The van der Waals surface area contributed by atoms with Crippen molar-refractivity contribution in [3.8, 4) is 0 Å². The lowest BCUT2D eigenvalue weighted by Gasteiger charge is -2.16. The smallest absolute Gasteiger partial charge is 0.230 e. The molecule has 2 atom stereocenters. The van der Waals surface area contributed by atoms with E-state index in [4.69, 9.17) is 0 Å². The van der Waals surface area contributed by atoms with Crippen molar-refractivity contribution in [1.29, 1.82) is 0 Å². The van der Waals surface area contributed by atoms with Gasteiger partial charge >= 0.3 is 0 Å². The van der Waals surface area contributed by atoms with Crippen LogP contribution in [0.2, 0.25) is 0 Å². The van der Waals surface area contributed by atoms with Crippen LogP contribution in [0, 0.1) is 11.8 Å². The Hall–Kier alpha value is -2.62. The van der Waals surface area contributed by atoms with Crippen LogP contribution in [0.25, 0.3) is 0 Å². The summed E-state index contributed by atoms with van der Waals surface area (Å²) in [5.74, 6) is -0.189. The number of anilines is 2. The predicted molar refractivity (Wildman–Crippen MR) is 91.1 cm³/mol. The Morgan fingerprint density at radius 1 is 1.09 bits per heavy atom. The Morgan fingerprint density at radius 3 is 2.35 bits per heavy atom. The van der Waals surface area contributed by atoms with E-state index in [0.717, 1.165) is 11.4 Å². The van der Waals surface area contributed by atoms with E-state index in [1.165, 1.54) is 0 Å². The Bertz CT molecular complexity index is 685. The summed E-state index contributed by atoms with van der Waals surface area (Å²) in [6, 6.07) is 18.9. The molecule has 4 heteroatoms. The number of para-hydroxylation sites is 2. The third-order valence-corrected chi connectivity index (χ3v) is 4.27. The number of nitrogens with one attached hydrogen (secondary N) is 1. The normalized spacial score (nSPS) is 20.6. The summed E-state index contributed by atoms with van der Waals surface area (Å²) in [4.78, 5) is 26.7. The average molecular weight is 308 g/mol. The summed E-state index contributed by atoms with van der Waals surface area (Å²) in [7, 11) is 0. The average Bonchev–Trinajstić information content (AvgIpc) is 2.85. The molecule has 4 nitrogen and oxygen atoms in total. The van der Waals surface area contributed by atoms with Gasteiger partial charge in [0.2, 0.25) is 11.8 Å². The van der Waals surface area contributed by atoms with E-state index >= 15 is 0 Å². The summed E-state index contributed by atoms with van der Waals surface area (Å²) in [6.07, 6.45) is 0.220. The fourth-order valence-corrected chi connectivity index (χ4v) is 3.01. The maximum atomic E-state index is 12.7. The molecule has 0 bridgehead atoms. The zero-order valence-corrected chi connectivity index (χ0v) is 13.1. The number of nitrogens with zero attached hydrogens (tertiary/aromatic N) is 1. The van der Waals surface area contributed by atoms with Gasteiger partial charge in [0.1, 0.15) is 0 Å². The lowest BCUT2D eigenvalue weighted by molar-refractivity contribution is -0.125. The quantitative estimate of drug-likeness (QED) is 0.942. The molecular formula is C19H20N2O2. The van der Waals surface area contributed by atoms with Crippen LogP contribution in [0.3, 0.4) is 0 Å². The van der Waals surface area contributed by atoms with Crippen molar-refractivity contribution in [2.45, 2.75) is 13.3 Å². The van der Waals surface area contributed by atoms with E-state index in [2.05, 4.69) is 5.32 Å². The molecule has 1 heterocycles. The van der Waals surface area contributed by atoms with Gasteiger partial charge in [-0.05, 0) is 30.2 Å². The number of benzene rings is 2. The van der Waals surface area contributed by atoms with Gasteiger partial charge in [0, 0.05) is 24.3 Å². The third kappa shape index (κ3) is 3.42. The van der Waals surface area contributed by atoms with Gasteiger partial charge in [0.25, 0.3) is 0 Å². The zero-order valence-electron chi connectivity index (χ0n) is 13.1. The van der Waals surface area contributed by atoms with Gasteiger partial charge in [-0.3, -0.25) is 9.59 Å². The molecule has 0 aliphatic carbocycles. The third-order valence-electron chi connectivity index (χ3n) is 4.27. The van der Waals surface area contributed by atoms with Crippen molar-refractivity contribution in [3.05, 3.63) is 60.7 Å². The van der Waals surface area contributed by atoms with Crippen LogP contribution < -0.4 is 10.2 Å². The summed E-state index contributed by atoms with van der Waals surface area (Å²) in [5, 5.41) is 2.85. The topological polar surface area (TPSA) is 49.4 Å². The van der Waals surface area contributed by atoms with E-state index in [9.17, 15) is 9.59 Å². The molecular weight excluding hydrogens is 288 g/mol. The maximum absolute atomic E-state index is 12.7. The van der Waals surface area contributed by atoms with Crippen molar-refractivity contribution in [3.63, 3.8) is 0 Å². The Morgan fingerprint density at radius 2 is 1.70 bits per heavy atom. The van der Waals surface area contributed by atoms with Crippen LogP contribution in [0.1, 0.15) is 13.3 Å². The Kier molecular flexibility index (Phi) is 4.42. The molecule has 0 unspecified atom stereocenters. The van der Waals surface area contributed by atoms with Crippen LogP contribution in [-0.4, -0.2) is 18.4 Å². The van der Waals surface area contributed by atoms with Crippen LogP contribution in [-0.2, 0) is 9.59 Å². The van der Waals surface area contributed by atoms with Crippen molar-refractivity contribution >= 4 is 23.2 Å². The van der Waals surface area contributed by atoms with Gasteiger partial charge in [-0.2, -0.15) is 0 Å². The Labute approximate surface area is 136 Å². The molecule has 0 saturated carbocycles. The molecule has 1 aliphatic rings. The minimum Gasteiger partial charge on any atom is -0.326 e. The highest BCUT2D eigenvalue weighted by molar-refractivity contribution is 6.01. The van der Waals surface area contributed by atoms with Crippen LogP contribution in [0.15, 0.2) is 60.7 Å². The lowest BCUT2D eigenvalue weighted by Crippen LogP contribution is -2.28. The largest absolute Gasteiger partial charge is 0.326 e. The first-order valence-corrected chi connectivity index (χ1v) is 7.86. The fraction of sp³-hybridized carbons (Fsp3) is 0.263. The maximum Gasteiger partial charge on any atom is 0.230 e. The second kappa shape index (κ2) is 6.65. The van der Waals surface area contributed by atoms with Gasteiger partial charge < -0.3 is 10.2 Å². The molecule has 1 aliphatic heterocycles. The van der Waals surface area contributed by atoms with E-state index in [1.54, 1.807) is 4.90 Å². The number of carbonyl (C=O) groups excluding carboxylic acids is 2. The fourth-order valence-electron chi connectivity index (χ4n) is 3.01. The molecule has 2 aromatic rings. The number of hydrogen-bond donors (Lipinski definition) is 1. The molecule has 1 fully saturated rings. The first-order chi connectivity index (χ1) is 11.1. The van der Waals surface area contributed by atoms with E-state index in [1.807, 2.05) is 67.6 Å². The second-order valence-electron chi connectivity index (χ2n) is 5.99. The standard InChI is InChI=1S/C19H20N2O2/c1-14-13-21(16-10-6-3-7-11-16)19(23)17(14)12-18(22)20-15-8-4-2-5-9-15/h2-11,14,17H,12-13H2,1H3,(H,20,22)/t14-,17-/m0/s1. The number of amides is 2. The second-order valence-corrected chi connectivity index (χ2v) is 5.99. The summed E-state index contributed by atoms with van der Waals surface area (Å²) < 4.78 is 0. The molecule has 3 rings (SSSR count). The number of carbonyl (C=O) groups is 2. The highest BCUT2D eigenvalue weighted by atomic mass is 16.2. The summed E-state index contributed by atoms with van der Waals surface area (Å²) >= 11 is 0. The zero-order chi connectivity index (χ0) is 16.2. The molecule has 0 spiro atoms. The monoisotopic (exact) mass is 308 g/mol. The lowest BCUT2D eigenvalue weighted by atomic mass is 9.94. The number of rotatable bonds is 4. The summed E-state index contributed by atoms with van der Waals surface area (Å²) in [5.41, 5.74) is 1.66. The minimum atomic E-state index is -0.265. The van der Waals surface area contributed by atoms with Crippen molar-refractivity contribution in [2.24, 2.45) is 11.8 Å². The van der Waals surface area contributed by atoms with E-state index in [0.29, 0.717) is 6.54 Å². The van der Waals surface area contributed by atoms with Gasteiger partial charge in [-0.1, -0.05) is 43.3 Å². The molecule has 2 amide bonds. The highest BCUT2D eigenvalue weighted by Gasteiger charge is 2.39. The van der Waals surface area contributed by atoms with Crippen molar-refractivity contribution in [1.82, 2.24) is 0 Å². The number of hydrogen-bond acceptors (Lipinski definition) is 2. The van der Waals surface area contributed by atoms with Crippen molar-refractivity contribution < 1.29 is 9.59 Å². The van der Waals surface area contributed by atoms with Gasteiger partial charge in [0.15, 0.2) is 0 Å².